The Morgan fingerprint density at radius 2 is 1.76 bits per heavy atom. The van der Waals surface area contributed by atoms with E-state index in [2.05, 4.69) is 5.10 Å². The van der Waals surface area contributed by atoms with Crippen LogP contribution in [0.3, 0.4) is 0 Å². The molecule has 3 heterocycles. The van der Waals surface area contributed by atoms with Gasteiger partial charge in [0.1, 0.15) is 16.5 Å². The fourth-order valence-electron chi connectivity index (χ4n) is 3.36. The van der Waals surface area contributed by atoms with E-state index in [0.29, 0.717) is 37.9 Å². The molecule has 154 valence electrons. The number of hydrogen-bond acceptors (Lipinski definition) is 5. The zero-order valence-electron chi connectivity index (χ0n) is 15.4. The third-order valence-electron chi connectivity index (χ3n) is 4.96. The highest BCUT2D eigenvalue weighted by Gasteiger charge is 2.31. The summed E-state index contributed by atoms with van der Waals surface area (Å²) in [6.07, 6.45) is 1.65. The van der Waals surface area contributed by atoms with Crippen molar-refractivity contribution in [3.8, 4) is 0 Å². The van der Waals surface area contributed by atoms with Crippen LogP contribution in [0.1, 0.15) is 0 Å². The number of hydrogen-bond donors (Lipinski definition) is 0. The molecule has 0 saturated carbocycles. The predicted octanol–water partition coefficient (Wildman–Crippen LogP) is 0.781. The number of fused-ring (bicyclic) bond motifs is 1. The number of nitrogens with zero attached hydrogens (tertiary/aromatic N) is 5. The lowest BCUT2D eigenvalue weighted by atomic mass is 10.3. The molecule has 8 nitrogen and oxygen atoms in total. The van der Waals surface area contributed by atoms with Crippen LogP contribution in [0.5, 0.6) is 0 Å². The molecule has 0 unspecified atom stereocenters. The molecule has 29 heavy (non-hydrogen) atoms. The van der Waals surface area contributed by atoms with E-state index in [-0.39, 0.29) is 18.8 Å². The van der Waals surface area contributed by atoms with E-state index in [4.69, 9.17) is 0 Å². The van der Waals surface area contributed by atoms with Crippen LogP contribution in [0, 0.1) is 11.6 Å². The smallest absolute Gasteiger partial charge is 0.299 e. The molecule has 4 rings (SSSR count). The molecular weight excluding hydrogens is 404 g/mol. The Morgan fingerprint density at radius 1 is 1.00 bits per heavy atom. The largest absolute Gasteiger partial charge is 0.350 e. The highest BCUT2D eigenvalue weighted by atomic mass is 32.2. The average Bonchev–Trinajstić information content (AvgIpc) is 3.04. The molecule has 1 aliphatic rings. The molecule has 1 aliphatic heterocycles. The highest BCUT2D eigenvalue weighted by molar-refractivity contribution is 7.89. The topological polar surface area (TPSA) is 79.9 Å². The van der Waals surface area contributed by atoms with Crippen molar-refractivity contribution in [1.29, 1.82) is 0 Å². The zero-order chi connectivity index (χ0) is 20.6. The van der Waals surface area contributed by atoms with Crippen LogP contribution in [-0.2, 0) is 16.6 Å². The van der Waals surface area contributed by atoms with E-state index in [1.807, 2.05) is 4.90 Å². The summed E-state index contributed by atoms with van der Waals surface area (Å²) in [5.41, 5.74) is 0.328. The van der Waals surface area contributed by atoms with Crippen LogP contribution >= 0.6 is 0 Å². The van der Waals surface area contributed by atoms with Gasteiger partial charge in [-0.05, 0) is 30.3 Å². The Bertz CT molecular complexity index is 1200. The molecule has 1 saturated heterocycles. The minimum Gasteiger partial charge on any atom is -0.299 e. The van der Waals surface area contributed by atoms with Gasteiger partial charge >= 0.3 is 5.69 Å². The summed E-state index contributed by atoms with van der Waals surface area (Å²) in [6.45, 7) is 2.02. The minimum absolute atomic E-state index is 0.151. The predicted molar refractivity (Wildman–Crippen MR) is 101 cm³/mol. The van der Waals surface area contributed by atoms with Gasteiger partial charge in [-0.1, -0.05) is 6.07 Å². The molecule has 1 aromatic carbocycles. The lowest BCUT2D eigenvalue weighted by Gasteiger charge is -2.33. The molecular formula is C18H19F2N5O3S. The summed E-state index contributed by atoms with van der Waals surface area (Å²) in [6, 6.07) is 7.69. The van der Waals surface area contributed by atoms with Crippen molar-refractivity contribution >= 4 is 15.7 Å². The molecule has 0 amide bonds. The van der Waals surface area contributed by atoms with Crippen molar-refractivity contribution in [3.63, 3.8) is 0 Å². The molecule has 2 aromatic heterocycles. The standard InChI is InChI=1S/C18H19F2N5O3S/c19-14-4-5-15(20)16(13-14)29(27,28)23-10-7-22(8-11-23)9-12-25-18(26)24-6-2-1-3-17(24)21-25/h1-6,13H,7-12H2. The molecule has 0 radical (unpaired) electrons. The van der Waals surface area contributed by atoms with E-state index in [1.165, 1.54) is 9.08 Å². The molecule has 0 bridgehead atoms. The third kappa shape index (κ3) is 3.80. The number of piperazine rings is 1. The maximum Gasteiger partial charge on any atom is 0.350 e. The van der Waals surface area contributed by atoms with Crippen molar-refractivity contribution in [2.45, 2.75) is 11.4 Å². The monoisotopic (exact) mass is 423 g/mol. The van der Waals surface area contributed by atoms with Gasteiger partial charge in [0.2, 0.25) is 10.0 Å². The van der Waals surface area contributed by atoms with E-state index >= 15 is 0 Å². The highest BCUT2D eigenvalue weighted by Crippen LogP contribution is 2.21. The zero-order valence-corrected chi connectivity index (χ0v) is 16.2. The van der Waals surface area contributed by atoms with E-state index < -0.39 is 26.6 Å². The summed E-state index contributed by atoms with van der Waals surface area (Å²) < 4.78 is 56.5. The van der Waals surface area contributed by atoms with Gasteiger partial charge in [0.25, 0.3) is 0 Å². The molecule has 0 atom stereocenters. The van der Waals surface area contributed by atoms with Gasteiger partial charge in [0, 0.05) is 38.9 Å². The Balaban J connectivity index is 1.39. The summed E-state index contributed by atoms with van der Waals surface area (Å²) in [4.78, 5) is 13.6. The van der Waals surface area contributed by atoms with Crippen LogP contribution in [0.4, 0.5) is 8.78 Å². The Morgan fingerprint density at radius 3 is 2.48 bits per heavy atom. The summed E-state index contributed by atoms with van der Waals surface area (Å²) in [7, 11) is -4.11. The number of halogens is 2. The fourth-order valence-corrected chi connectivity index (χ4v) is 4.86. The van der Waals surface area contributed by atoms with Crippen LogP contribution in [0.15, 0.2) is 52.3 Å². The first kappa shape index (κ1) is 19.7. The van der Waals surface area contributed by atoms with Gasteiger partial charge in [-0.2, -0.15) is 4.31 Å². The second kappa shape index (κ2) is 7.65. The molecule has 1 fully saturated rings. The maximum atomic E-state index is 13.9. The van der Waals surface area contributed by atoms with E-state index in [9.17, 15) is 22.0 Å². The second-order valence-corrected chi connectivity index (χ2v) is 8.66. The van der Waals surface area contributed by atoms with Gasteiger partial charge in [-0.3, -0.25) is 9.30 Å². The van der Waals surface area contributed by atoms with Crippen molar-refractivity contribution in [1.82, 2.24) is 23.4 Å². The lowest BCUT2D eigenvalue weighted by Crippen LogP contribution is -2.49. The van der Waals surface area contributed by atoms with E-state index in [1.54, 1.807) is 24.4 Å². The minimum atomic E-state index is -4.11. The maximum absolute atomic E-state index is 13.9. The number of rotatable bonds is 5. The van der Waals surface area contributed by atoms with Gasteiger partial charge in [-0.25, -0.2) is 26.7 Å². The Kier molecular flexibility index (Phi) is 5.19. The molecule has 0 N–H and O–H groups in total. The first-order valence-corrected chi connectivity index (χ1v) is 10.5. The normalized spacial score (nSPS) is 16.5. The average molecular weight is 423 g/mol. The third-order valence-corrected chi connectivity index (χ3v) is 6.87. The SMILES string of the molecule is O=c1n(CCN2CCN(S(=O)(=O)c3cc(F)ccc3F)CC2)nc2ccccn12. The Hall–Kier alpha value is -2.63. The van der Waals surface area contributed by atoms with Crippen molar-refractivity contribution in [3.05, 3.63) is 64.7 Å². The van der Waals surface area contributed by atoms with E-state index in [0.717, 1.165) is 16.4 Å². The van der Waals surface area contributed by atoms with Crippen LogP contribution < -0.4 is 5.69 Å². The van der Waals surface area contributed by atoms with Gasteiger partial charge in [0.15, 0.2) is 5.65 Å². The van der Waals surface area contributed by atoms with Gasteiger partial charge < -0.3 is 0 Å². The molecule has 0 aliphatic carbocycles. The number of pyridine rings is 1. The summed E-state index contributed by atoms with van der Waals surface area (Å²) in [5, 5.41) is 4.27. The van der Waals surface area contributed by atoms with Crippen LogP contribution in [0.2, 0.25) is 0 Å². The second-order valence-electron chi connectivity index (χ2n) is 6.76. The first-order chi connectivity index (χ1) is 13.9. The fraction of sp³-hybridized carbons (Fsp3) is 0.333. The number of benzene rings is 1. The molecule has 11 heteroatoms. The van der Waals surface area contributed by atoms with Gasteiger partial charge in [-0.15, -0.1) is 5.10 Å². The van der Waals surface area contributed by atoms with Crippen molar-refractivity contribution < 1.29 is 17.2 Å². The number of aromatic nitrogens is 3. The van der Waals surface area contributed by atoms with Crippen molar-refractivity contribution in [2.24, 2.45) is 0 Å². The molecule has 0 spiro atoms. The van der Waals surface area contributed by atoms with Gasteiger partial charge in [0.05, 0.1) is 6.54 Å². The Labute approximate surface area is 165 Å². The quantitative estimate of drug-likeness (QED) is 0.606. The van der Waals surface area contributed by atoms with Crippen LogP contribution in [-0.4, -0.2) is 64.5 Å². The summed E-state index contributed by atoms with van der Waals surface area (Å²) >= 11 is 0. The summed E-state index contributed by atoms with van der Waals surface area (Å²) in [5.74, 6) is -1.78. The molecule has 3 aromatic rings. The lowest BCUT2D eigenvalue weighted by molar-refractivity contribution is 0.180. The van der Waals surface area contributed by atoms with Crippen LogP contribution in [0.25, 0.3) is 5.65 Å². The van der Waals surface area contributed by atoms with Crippen molar-refractivity contribution in [2.75, 3.05) is 32.7 Å². The first-order valence-electron chi connectivity index (χ1n) is 9.08. The number of sulfonamides is 1.